The topological polar surface area (TPSA) is 55.0 Å². The average molecular weight is 222 g/mol. The van der Waals surface area contributed by atoms with Crippen molar-refractivity contribution in [3.05, 3.63) is 18.1 Å². The lowest BCUT2D eigenvalue weighted by Crippen LogP contribution is -2.36. The first-order chi connectivity index (χ1) is 7.56. The van der Waals surface area contributed by atoms with Gasteiger partial charge in [-0.1, -0.05) is 13.8 Å². The molecule has 0 atom stereocenters. The van der Waals surface area contributed by atoms with Crippen LogP contribution in [0.2, 0.25) is 0 Å². The van der Waals surface area contributed by atoms with Gasteiger partial charge in [0.2, 0.25) is 0 Å². The molecular weight excluding hydrogens is 200 g/mol. The van der Waals surface area contributed by atoms with E-state index < -0.39 is 0 Å². The summed E-state index contributed by atoms with van der Waals surface area (Å²) in [5.41, 5.74) is 6.56. The van der Waals surface area contributed by atoms with Crippen LogP contribution in [0.25, 0.3) is 0 Å². The highest BCUT2D eigenvalue weighted by Gasteiger charge is 2.16. The Hall–Kier alpha value is -1.16. The predicted molar refractivity (Wildman–Crippen MR) is 67.2 cm³/mol. The van der Waals surface area contributed by atoms with Gasteiger partial charge in [-0.05, 0) is 19.8 Å². The van der Waals surface area contributed by atoms with Gasteiger partial charge in [-0.15, -0.1) is 0 Å². The summed E-state index contributed by atoms with van der Waals surface area (Å²) in [7, 11) is 0. The van der Waals surface area contributed by atoms with Gasteiger partial charge < -0.3 is 10.6 Å². The summed E-state index contributed by atoms with van der Waals surface area (Å²) in [6.45, 7) is 10.1. The molecule has 0 saturated carbocycles. The lowest BCUT2D eigenvalue weighted by Gasteiger charge is -2.30. The maximum Gasteiger partial charge on any atom is 0.151 e. The van der Waals surface area contributed by atoms with E-state index in [1.165, 1.54) is 0 Å². The second-order valence-corrected chi connectivity index (χ2v) is 4.67. The zero-order chi connectivity index (χ0) is 12.1. The number of hydrogen-bond donors (Lipinski definition) is 1. The number of nitrogens with two attached hydrogens (primary N) is 1. The minimum Gasteiger partial charge on any atom is -0.352 e. The Labute approximate surface area is 97.9 Å². The van der Waals surface area contributed by atoms with Crippen LogP contribution in [-0.2, 0) is 6.54 Å². The standard InChI is InChI=1S/C12H22N4/c1-9(2)8-16(10(3)4)12-11(7-13)14-5-6-15-12/h5-6,9-10H,7-8,13H2,1-4H3. The Balaban J connectivity index is 3.00. The molecule has 0 unspecified atom stereocenters. The summed E-state index contributed by atoms with van der Waals surface area (Å²) in [5, 5.41) is 0. The summed E-state index contributed by atoms with van der Waals surface area (Å²) in [6, 6.07) is 0.407. The van der Waals surface area contributed by atoms with Crippen molar-refractivity contribution in [2.24, 2.45) is 11.7 Å². The van der Waals surface area contributed by atoms with Gasteiger partial charge in [-0.2, -0.15) is 0 Å². The molecular formula is C12H22N4. The maximum absolute atomic E-state index is 5.69. The fourth-order valence-corrected chi connectivity index (χ4v) is 1.68. The number of rotatable bonds is 5. The van der Waals surface area contributed by atoms with E-state index in [0.29, 0.717) is 18.5 Å². The van der Waals surface area contributed by atoms with Crippen LogP contribution in [0.5, 0.6) is 0 Å². The van der Waals surface area contributed by atoms with Crippen LogP contribution < -0.4 is 10.6 Å². The molecule has 0 aliphatic carbocycles. The second kappa shape index (κ2) is 5.80. The van der Waals surface area contributed by atoms with E-state index in [9.17, 15) is 0 Å². The number of hydrogen-bond acceptors (Lipinski definition) is 4. The zero-order valence-corrected chi connectivity index (χ0v) is 10.6. The third-order valence-corrected chi connectivity index (χ3v) is 2.40. The minimum absolute atomic E-state index is 0.407. The highest BCUT2D eigenvalue weighted by molar-refractivity contribution is 5.43. The van der Waals surface area contributed by atoms with Crippen molar-refractivity contribution in [3.63, 3.8) is 0 Å². The Morgan fingerprint density at radius 2 is 1.81 bits per heavy atom. The molecule has 0 fully saturated rings. The first-order valence-corrected chi connectivity index (χ1v) is 5.82. The van der Waals surface area contributed by atoms with E-state index >= 15 is 0 Å². The van der Waals surface area contributed by atoms with Gasteiger partial charge in [0.25, 0.3) is 0 Å². The van der Waals surface area contributed by atoms with Crippen LogP contribution in [0, 0.1) is 5.92 Å². The molecule has 0 aliphatic heterocycles. The molecule has 0 aromatic carbocycles. The first-order valence-electron chi connectivity index (χ1n) is 5.82. The van der Waals surface area contributed by atoms with E-state index in [0.717, 1.165) is 18.1 Å². The number of aromatic nitrogens is 2. The van der Waals surface area contributed by atoms with Crippen LogP contribution in [0.15, 0.2) is 12.4 Å². The summed E-state index contributed by atoms with van der Waals surface area (Å²) >= 11 is 0. The molecule has 0 radical (unpaired) electrons. The van der Waals surface area contributed by atoms with Crippen LogP contribution >= 0.6 is 0 Å². The predicted octanol–water partition coefficient (Wildman–Crippen LogP) is 1.81. The SMILES string of the molecule is CC(C)CN(c1nccnc1CN)C(C)C. The van der Waals surface area contributed by atoms with Crippen molar-refractivity contribution >= 4 is 5.82 Å². The van der Waals surface area contributed by atoms with Gasteiger partial charge >= 0.3 is 0 Å². The van der Waals surface area contributed by atoms with Crippen molar-refractivity contribution in [1.29, 1.82) is 0 Å². The van der Waals surface area contributed by atoms with Gasteiger partial charge in [0.15, 0.2) is 5.82 Å². The van der Waals surface area contributed by atoms with Crippen molar-refractivity contribution in [1.82, 2.24) is 9.97 Å². The summed E-state index contributed by atoms with van der Waals surface area (Å²) < 4.78 is 0. The van der Waals surface area contributed by atoms with Crippen LogP contribution in [0.1, 0.15) is 33.4 Å². The Kier molecular flexibility index (Phi) is 4.68. The third-order valence-electron chi connectivity index (χ3n) is 2.40. The van der Waals surface area contributed by atoms with E-state index in [-0.39, 0.29) is 0 Å². The lowest BCUT2D eigenvalue weighted by atomic mass is 10.1. The summed E-state index contributed by atoms with van der Waals surface area (Å²) in [6.07, 6.45) is 3.42. The van der Waals surface area contributed by atoms with Gasteiger partial charge in [0.1, 0.15) is 0 Å². The maximum atomic E-state index is 5.69. The zero-order valence-electron chi connectivity index (χ0n) is 10.6. The van der Waals surface area contributed by atoms with Gasteiger partial charge in [-0.3, -0.25) is 4.98 Å². The number of nitrogens with zero attached hydrogens (tertiary/aromatic N) is 3. The second-order valence-electron chi connectivity index (χ2n) is 4.67. The largest absolute Gasteiger partial charge is 0.352 e. The molecule has 1 aromatic heterocycles. The van der Waals surface area contributed by atoms with Crippen LogP contribution in [-0.4, -0.2) is 22.6 Å². The van der Waals surface area contributed by atoms with E-state index in [2.05, 4.69) is 42.6 Å². The van der Waals surface area contributed by atoms with E-state index in [4.69, 9.17) is 5.73 Å². The van der Waals surface area contributed by atoms with Gasteiger partial charge in [0.05, 0.1) is 5.69 Å². The van der Waals surface area contributed by atoms with Gasteiger partial charge in [0, 0.05) is 31.5 Å². The molecule has 1 aromatic rings. The molecule has 16 heavy (non-hydrogen) atoms. The fourth-order valence-electron chi connectivity index (χ4n) is 1.68. The van der Waals surface area contributed by atoms with Crippen LogP contribution in [0.3, 0.4) is 0 Å². The van der Waals surface area contributed by atoms with E-state index in [1.807, 2.05) is 0 Å². The molecule has 1 rings (SSSR count). The summed E-state index contributed by atoms with van der Waals surface area (Å²) in [4.78, 5) is 10.9. The summed E-state index contributed by atoms with van der Waals surface area (Å²) in [5.74, 6) is 1.52. The Morgan fingerprint density at radius 1 is 1.19 bits per heavy atom. The molecule has 2 N–H and O–H groups in total. The van der Waals surface area contributed by atoms with Gasteiger partial charge in [-0.25, -0.2) is 4.98 Å². The quantitative estimate of drug-likeness (QED) is 0.825. The Bertz CT molecular complexity index is 323. The van der Waals surface area contributed by atoms with Crippen LogP contribution in [0.4, 0.5) is 5.82 Å². The smallest absolute Gasteiger partial charge is 0.151 e. The average Bonchev–Trinajstić information content (AvgIpc) is 2.25. The molecule has 4 nitrogen and oxygen atoms in total. The molecule has 0 saturated heterocycles. The molecule has 90 valence electrons. The lowest BCUT2D eigenvalue weighted by molar-refractivity contribution is 0.562. The number of anilines is 1. The molecule has 0 amide bonds. The van der Waals surface area contributed by atoms with E-state index in [1.54, 1.807) is 12.4 Å². The van der Waals surface area contributed by atoms with Crippen molar-refractivity contribution < 1.29 is 0 Å². The first kappa shape index (κ1) is 12.9. The molecule has 4 heteroatoms. The van der Waals surface area contributed by atoms with Crippen molar-refractivity contribution in [2.75, 3.05) is 11.4 Å². The minimum atomic E-state index is 0.407. The normalized spacial score (nSPS) is 11.2. The monoisotopic (exact) mass is 222 g/mol. The fraction of sp³-hybridized carbons (Fsp3) is 0.667. The van der Waals surface area contributed by atoms with Crippen molar-refractivity contribution in [3.8, 4) is 0 Å². The Morgan fingerprint density at radius 3 is 2.31 bits per heavy atom. The molecule has 0 bridgehead atoms. The van der Waals surface area contributed by atoms with Crippen molar-refractivity contribution in [2.45, 2.75) is 40.3 Å². The third kappa shape index (κ3) is 3.17. The highest BCUT2D eigenvalue weighted by Crippen LogP contribution is 2.18. The highest BCUT2D eigenvalue weighted by atomic mass is 15.2. The molecule has 0 spiro atoms. The molecule has 0 aliphatic rings. The molecule has 1 heterocycles.